The molecule has 0 aliphatic carbocycles. The van der Waals surface area contributed by atoms with Gasteiger partial charge in [-0.1, -0.05) is 65.4 Å². The zero-order chi connectivity index (χ0) is 15.3. The van der Waals surface area contributed by atoms with E-state index in [2.05, 4.69) is 42.2 Å². The van der Waals surface area contributed by atoms with Crippen LogP contribution in [0.5, 0.6) is 0 Å². The van der Waals surface area contributed by atoms with Crippen LogP contribution in [0.2, 0.25) is 6.55 Å². The zero-order valence-electron chi connectivity index (χ0n) is 12.8. The second kappa shape index (κ2) is 7.44. The maximum Gasteiger partial charge on any atom is 0.485 e. The van der Waals surface area contributed by atoms with Crippen LogP contribution in [0.3, 0.4) is 0 Å². The van der Waals surface area contributed by atoms with E-state index in [4.69, 9.17) is 18.6 Å². The molecule has 0 atom stereocenters. The molecule has 0 spiro atoms. The Morgan fingerprint density at radius 3 is 1.73 bits per heavy atom. The molecule has 1 aromatic carbocycles. The van der Waals surface area contributed by atoms with Crippen LogP contribution in [-0.4, -0.2) is 48.7 Å². The standard InChI is InChI=1S/C15H20B2O4Si/c1-22(15-5-3-2-4-6-15,13-7-16-18-9-10-19-16)14-8-17-20-11-12-21-17/h2-8,13-14H,9-12H2,1H3/b13-7+,14-8+. The fourth-order valence-corrected chi connectivity index (χ4v) is 5.10. The molecular formula is C15H20B2O4Si. The summed E-state index contributed by atoms with van der Waals surface area (Å²) in [6, 6.07) is 10.5. The first-order chi connectivity index (χ1) is 10.8. The minimum absolute atomic E-state index is 0.220. The number of benzene rings is 1. The topological polar surface area (TPSA) is 36.9 Å². The zero-order valence-corrected chi connectivity index (χ0v) is 13.8. The maximum absolute atomic E-state index is 5.50. The van der Waals surface area contributed by atoms with Gasteiger partial charge >= 0.3 is 14.2 Å². The van der Waals surface area contributed by atoms with Gasteiger partial charge in [-0.2, -0.15) is 0 Å². The molecule has 3 rings (SSSR count). The van der Waals surface area contributed by atoms with Crippen molar-refractivity contribution in [2.24, 2.45) is 0 Å². The van der Waals surface area contributed by atoms with E-state index in [9.17, 15) is 0 Å². The van der Waals surface area contributed by atoms with Crippen LogP contribution in [0.15, 0.2) is 53.7 Å². The molecule has 0 aromatic heterocycles. The van der Waals surface area contributed by atoms with Gasteiger partial charge < -0.3 is 18.6 Å². The Labute approximate surface area is 133 Å². The van der Waals surface area contributed by atoms with Crippen molar-refractivity contribution in [3.05, 3.63) is 53.7 Å². The van der Waals surface area contributed by atoms with E-state index in [0.717, 1.165) is 0 Å². The van der Waals surface area contributed by atoms with Gasteiger partial charge in [0, 0.05) is 0 Å². The van der Waals surface area contributed by atoms with Crippen LogP contribution < -0.4 is 5.19 Å². The van der Waals surface area contributed by atoms with Crippen molar-refractivity contribution in [1.29, 1.82) is 0 Å². The van der Waals surface area contributed by atoms with Crippen molar-refractivity contribution in [2.75, 3.05) is 26.4 Å². The fraction of sp³-hybridized carbons (Fsp3) is 0.333. The van der Waals surface area contributed by atoms with E-state index in [0.29, 0.717) is 26.4 Å². The van der Waals surface area contributed by atoms with Gasteiger partial charge in [0.05, 0.1) is 26.4 Å². The fourth-order valence-electron chi connectivity index (χ4n) is 2.58. The smallest absolute Gasteiger partial charge is 0.405 e. The van der Waals surface area contributed by atoms with Crippen molar-refractivity contribution >= 4 is 27.5 Å². The van der Waals surface area contributed by atoms with Gasteiger partial charge in [-0.05, 0) is 0 Å². The molecule has 1 aromatic rings. The number of rotatable bonds is 5. The van der Waals surface area contributed by atoms with Crippen LogP contribution in [0.1, 0.15) is 0 Å². The molecule has 114 valence electrons. The average Bonchev–Trinajstić information content (AvgIpc) is 3.25. The van der Waals surface area contributed by atoms with Crippen molar-refractivity contribution in [3.63, 3.8) is 0 Å². The highest BCUT2D eigenvalue weighted by Crippen LogP contribution is 2.12. The Bertz CT molecular complexity index is 500. The third kappa shape index (κ3) is 4.00. The molecule has 0 amide bonds. The Hall–Kier alpha value is -1.11. The summed E-state index contributed by atoms with van der Waals surface area (Å²) in [6.07, 6.45) is 0. The predicted octanol–water partition coefficient (Wildman–Crippen LogP) is 1.31. The second-order valence-electron chi connectivity index (χ2n) is 5.59. The number of hydrogen-bond donors (Lipinski definition) is 0. The molecule has 2 saturated heterocycles. The lowest BCUT2D eigenvalue weighted by molar-refractivity contribution is 0.365. The summed E-state index contributed by atoms with van der Waals surface area (Å²) in [5.74, 6) is 4.07. The summed E-state index contributed by atoms with van der Waals surface area (Å²) in [6.45, 7) is 4.95. The van der Waals surface area contributed by atoms with Crippen molar-refractivity contribution in [2.45, 2.75) is 6.55 Å². The number of hydrogen-bond acceptors (Lipinski definition) is 4. The van der Waals surface area contributed by atoms with Gasteiger partial charge in [0.25, 0.3) is 0 Å². The molecular weight excluding hydrogens is 294 g/mol. The molecule has 2 heterocycles. The molecule has 2 fully saturated rings. The van der Waals surface area contributed by atoms with Crippen LogP contribution in [0, 0.1) is 0 Å². The van der Waals surface area contributed by atoms with E-state index in [1.165, 1.54) is 5.19 Å². The minimum Gasteiger partial charge on any atom is -0.405 e. The normalized spacial score (nSPS) is 19.9. The summed E-state index contributed by atoms with van der Waals surface area (Å²) in [5.41, 5.74) is 4.51. The molecule has 0 saturated carbocycles. The van der Waals surface area contributed by atoms with Gasteiger partial charge in [-0.3, -0.25) is 0 Å². The van der Waals surface area contributed by atoms with Gasteiger partial charge in [-0.15, -0.1) is 0 Å². The SMILES string of the molecule is C[Si](/C=C/B1OCCO1)(/C=C/B1OCCO1)c1ccccc1. The summed E-state index contributed by atoms with van der Waals surface area (Å²) < 4.78 is 22.0. The Balaban J connectivity index is 1.80. The molecule has 0 N–H and O–H groups in total. The summed E-state index contributed by atoms with van der Waals surface area (Å²) in [5, 5.41) is 1.33. The average molecular weight is 314 g/mol. The highest BCUT2D eigenvalue weighted by atomic mass is 28.3. The summed E-state index contributed by atoms with van der Waals surface area (Å²) >= 11 is 0. The van der Waals surface area contributed by atoms with Gasteiger partial charge in [0.15, 0.2) is 0 Å². The van der Waals surface area contributed by atoms with E-state index in [1.807, 2.05) is 18.0 Å². The molecule has 0 unspecified atom stereocenters. The maximum atomic E-state index is 5.50. The lowest BCUT2D eigenvalue weighted by Gasteiger charge is -2.20. The third-order valence-electron chi connectivity index (χ3n) is 3.89. The predicted molar refractivity (Wildman–Crippen MR) is 91.3 cm³/mol. The van der Waals surface area contributed by atoms with Crippen molar-refractivity contribution in [1.82, 2.24) is 0 Å². The van der Waals surface area contributed by atoms with Crippen molar-refractivity contribution in [3.8, 4) is 0 Å². The van der Waals surface area contributed by atoms with E-state index < -0.39 is 8.07 Å². The largest absolute Gasteiger partial charge is 0.485 e. The first-order valence-corrected chi connectivity index (χ1v) is 10.3. The van der Waals surface area contributed by atoms with Crippen LogP contribution in [0.4, 0.5) is 0 Å². The van der Waals surface area contributed by atoms with Crippen LogP contribution >= 0.6 is 0 Å². The Morgan fingerprint density at radius 1 is 0.818 bits per heavy atom. The monoisotopic (exact) mass is 314 g/mol. The van der Waals surface area contributed by atoms with E-state index >= 15 is 0 Å². The minimum atomic E-state index is -1.94. The third-order valence-corrected chi connectivity index (χ3v) is 7.24. The molecule has 2 aliphatic rings. The molecule has 4 nitrogen and oxygen atoms in total. The van der Waals surface area contributed by atoms with E-state index in [1.54, 1.807) is 0 Å². The van der Waals surface area contributed by atoms with Crippen molar-refractivity contribution < 1.29 is 18.6 Å². The Kier molecular flexibility index (Phi) is 5.33. The highest BCUT2D eigenvalue weighted by Gasteiger charge is 2.28. The van der Waals surface area contributed by atoms with Gasteiger partial charge in [-0.25, -0.2) is 0 Å². The van der Waals surface area contributed by atoms with Gasteiger partial charge in [0.1, 0.15) is 8.07 Å². The summed E-state index contributed by atoms with van der Waals surface area (Å²) in [7, 11) is -2.38. The highest BCUT2D eigenvalue weighted by molar-refractivity contribution is 6.99. The van der Waals surface area contributed by atoms with Crippen LogP contribution in [-0.2, 0) is 18.6 Å². The molecule has 0 bridgehead atoms. The molecule has 0 radical (unpaired) electrons. The quantitative estimate of drug-likeness (QED) is 0.768. The first-order valence-electron chi connectivity index (χ1n) is 7.67. The molecule has 7 heteroatoms. The van der Waals surface area contributed by atoms with Gasteiger partial charge in [0.2, 0.25) is 0 Å². The Morgan fingerprint density at radius 2 is 1.27 bits per heavy atom. The molecule has 2 aliphatic heterocycles. The first kappa shape index (κ1) is 15.8. The summed E-state index contributed by atoms with van der Waals surface area (Å²) in [4.78, 5) is 0. The van der Waals surface area contributed by atoms with E-state index in [-0.39, 0.29) is 14.2 Å². The lowest BCUT2D eigenvalue weighted by Crippen LogP contribution is -2.42. The second-order valence-corrected chi connectivity index (χ2v) is 9.40. The molecule has 22 heavy (non-hydrogen) atoms. The lowest BCUT2D eigenvalue weighted by atomic mass is 9.92. The van der Waals surface area contributed by atoms with Crippen LogP contribution in [0.25, 0.3) is 0 Å².